The molecule has 0 saturated heterocycles. The molecule has 0 fully saturated rings. The molecule has 18 heavy (non-hydrogen) atoms. The maximum absolute atomic E-state index is 8.81. The molecular formula is C16H35NO. The van der Waals surface area contributed by atoms with Crippen LogP contribution in [0.25, 0.3) is 0 Å². The predicted molar refractivity (Wildman–Crippen MR) is 81.9 cm³/mol. The van der Waals surface area contributed by atoms with Crippen LogP contribution in [0.1, 0.15) is 90.9 Å². The molecule has 0 atom stereocenters. The number of rotatable bonds is 12. The summed E-state index contributed by atoms with van der Waals surface area (Å²) in [5, 5.41) is 0. The van der Waals surface area contributed by atoms with E-state index in [9.17, 15) is 0 Å². The SMILES string of the molecule is CC=O.CCCCCCCCCCCCCCN. The lowest BCUT2D eigenvalue weighted by Gasteiger charge is -2.01. The van der Waals surface area contributed by atoms with Gasteiger partial charge < -0.3 is 10.5 Å². The largest absolute Gasteiger partial charge is 0.330 e. The number of unbranched alkanes of at least 4 members (excludes halogenated alkanes) is 11. The highest BCUT2D eigenvalue weighted by atomic mass is 16.1. The van der Waals surface area contributed by atoms with E-state index in [1.807, 2.05) is 0 Å². The summed E-state index contributed by atoms with van der Waals surface area (Å²) < 4.78 is 0. The monoisotopic (exact) mass is 257 g/mol. The van der Waals surface area contributed by atoms with E-state index in [4.69, 9.17) is 10.5 Å². The van der Waals surface area contributed by atoms with Gasteiger partial charge in [-0.3, -0.25) is 0 Å². The van der Waals surface area contributed by atoms with Crippen LogP contribution in [0, 0.1) is 0 Å². The van der Waals surface area contributed by atoms with Gasteiger partial charge in [0.15, 0.2) is 0 Å². The lowest BCUT2D eigenvalue weighted by Crippen LogP contribution is -1.97. The van der Waals surface area contributed by atoms with Crippen LogP contribution in [0.4, 0.5) is 0 Å². The van der Waals surface area contributed by atoms with Crippen LogP contribution in [0.3, 0.4) is 0 Å². The Morgan fingerprint density at radius 1 is 0.722 bits per heavy atom. The van der Waals surface area contributed by atoms with Crippen LogP contribution in [0.15, 0.2) is 0 Å². The molecule has 0 saturated carbocycles. The Morgan fingerprint density at radius 3 is 1.28 bits per heavy atom. The molecule has 0 radical (unpaired) electrons. The van der Waals surface area contributed by atoms with Crippen molar-refractivity contribution in [1.29, 1.82) is 0 Å². The molecule has 110 valence electrons. The second kappa shape index (κ2) is 21.9. The van der Waals surface area contributed by atoms with Crippen molar-refractivity contribution in [3.05, 3.63) is 0 Å². The minimum Gasteiger partial charge on any atom is -0.330 e. The van der Waals surface area contributed by atoms with Crippen molar-refractivity contribution >= 4 is 6.29 Å². The summed E-state index contributed by atoms with van der Waals surface area (Å²) in [6.45, 7) is 4.60. The normalized spacial score (nSPS) is 9.72. The lowest BCUT2D eigenvalue weighted by atomic mass is 10.1. The van der Waals surface area contributed by atoms with Crippen molar-refractivity contribution in [2.75, 3.05) is 6.54 Å². The highest BCUT2D eigenvalue weighted by molar-refractivity contribution is 5.44. The van der Waals surface area contributed by atoms with Crippen molar-refractivity contribution in [3.63, 3.8) is 0 Å². The smallest absolute Gasteiger partial charge is 0.116 e. The van der Waals surface area contributed by atoms with Crippen molar-refractivity contribution in [2.24, 2.45) is 5.73 Å². The third-order valence-corrected chi connectivity index (χ3v) is 3.06. The summed E-state index contributed by atoms with van der Waals surface area (Å²) in [6, 6.07) is 0. The molecule has 0 spiro atoms. The van der Waals surface area contributed by atoms with Gasteiger partial charge in [-0.25, -0.2) is 0 Å². The zero-order valence-electron chi connectivity index (χ0n) is 12.8. The summed E-state index contributed by atoms with van der Waals surface area (Å²) in [5.74, 6) is 0. The Balaban J connectivity index is 0. The van der Waals surface area contributed by atoms with E-state index in [1.165, 1.54) is 84.0 Å². The van der Waals surface area contributed by atoms with E-state index in [-0.39, 0.29) is 0 Å². The van der Waals surface area contributed by atoms with Gasteiger partial charge in [0, 0.05) is 0 Å². The number of carbonyl (C=O) groups excluding carboxylic acids is 1. The standard InChI is InChI=1S/C14H31N.C2H4O/c1-2-3-4-5-6-7-8-9-10-11-12-13-14-15;1-2-3/h2-15H2,1H3;2H,1H3. The van der Waals surface area contributed by atoms with Crippen LogP contribution in [0.5, 0.6) is 0 Å². The molecule has 0 bridgehead atoms. The quantitative estimate of drug-likeness (QED) is 0.401. The fraction of sp³-hybridized carbons (Fsp3) is 0.938. The van der Waals surface area contributed by atoms with E-state index in [0.29, 0.717) is 0 Å². The van der Waals surface area contributed by atoms with Crippen LogP contribution < -0.4 is 5.73 Å². The molecule has 0 aromatic rings. The zero-order chi connectivity index (χ0) is 13.9. The first-order valence-electron chi connectivity index (χ1n) is 7.93. The number of aldehydes is 1. The molecule has 0 rings (SSSR count). The minimum atomic E-state index is 0.750. The topological polar surface area (TPSA) is 43.1 Å². The molecule has 2 N–H and O–H groups in total. The third-order valence-electron chi connectivity index (χ3n) is 3.06. The molecule has 0 aromatic heterocycles. The van der Waals surface area contributed by atoms with E-state index >= 15 is 0 Å². The number of hydrogen-bond acceptors (Lipinski definition) is 2. The predicted octanol–water partition coefficient (Wildman–Crippen LogP) is 4.85. The van der Waals surface area contributed by atoms with Gasteiger partial charge in [-0.15, -0.1) is 0 Å². The van der Waals surface area contributed by atoms with Crippen molar-refractivity contribution in [3.8, 4) is 0 Å². The Bertz CT molecular complexity index is 125. The lowest BCUT2D eigenvalue weighted by molar-refractivity contribution is -0.106. The Labute approximate surface area is 115 Å². The molecule has 2 nitrogen and oxygen atoms in total. The maximum Gasteiger partial charge on any atom is 0.116 e. The van der Waals surface area contributed by atoms with Gasteiger partial charge in [0.1, 0.15) is 6.29 Å². The van der Waals surface area contributed by atoms with Crippen LogP contribution in [-0.2, 0) is 4.79 Å². The van der Waals surface area contributed by atoms with Crippen LogP contribution in [0.2, 0.25) is 0 Å². The number of hydrogen-bond donors (Lipinski definition) is 1. The van der Waals surface area contributed by atoms with Crippen molar-refractivity contribution < 1.29 is 4.79 Å². The maximum atomic E-state index is 8.81. The van der Waals surface area contributed by atoms with Crippen molar-refractivity contribution in [2.45, 2.75) is 90.9 Å². The van der Waals surface area contributed by atoms with Gasteiger partial charge in [-0.2, -0.15) is 0 Å². The third kappa shape index (κ3) is 24.7. The molecule has 0 heterocycles. The first kappa shape index (κ1) is 20.0. The Morgan fingerprint density at radius 2 is 1.00 bits per heavy atom. The molecule has 0 amide bonds. The second-order valence-electron chi connectivity index (χ2n) is 4.91. The molecule has 0 aliphatic heterocycles. The zero-order valence-corrected chi connectivity index (χ0v) is 12.8. The van der Waals surface area contributed by atoms with Crippen LogP contribution in [-0.4, -0.2) is 12.8 Å². The first-order chi connectivity index (χ1) is 8.83. The average molecular weight is 257 g/mol. The fourth-order valence-corrected chi connectivity index (χ4v) is 1.99. The minimum absolute atomic E-state index is 0.750. The highest BCUT2D eigenvalue weighted by Gasteiger charge is 1.92. The molecule has 0 aliphatic carbocycles. The van der Waals surface area contributed by atoms with Crippen molar-refractivity contribution in [1.82, 2.24) is 0 Å². The van der Waals surface area contributed by atoms with Gasteiger partial charge >= 0.3 is 0 Å². The first-order valence-corrected chi connectivity index (χ1v) is 7.93. The van der Waals surface area contributed by atoms with E-state index in [2.05, 4.69) is 6.92 Å². The molecule has 2 heteroatoms. The van der Waals surface area contributed by atoms with Gasteiger partial charge in [0.25, 0.3) is 0 Å². The van der Waals surface area contributed by atoms with E-state index in [1.54, 1.807) is 0 Å². The molecule has 0 aliphatic rings. The van der Waals surface area contributed by atoms with E-state index < -0.39 is 0 Å². The summed E-state index contributed by atoms with van der Waals surface area (Å²) >= 11 is 0. The van der Waals surface area contributed by atoms with Gasteiger partial charge in [-0.05, 0) is 19.9 Å². The Hall–Kier alpha value is -0.370. The molecule has 0 aromatic carbocycles. The van der Waals surface area contributed by atoms with Gasteiger partial charge in [0.2, 0.25) is 0 Å². The van der Waals surface area contributed by atoms with Crippen LogP contribution >= 0.6 is 0 Å². The number of carbonyl (C=O) groups is 1. The Kier molecular flexibility index (Phi) is 24.2. The van der Waals surface area contributed by atoms with Gasteiger partial charge in [0.05, 0.1) is 0 Å². The summed E-state index contributed by atoms with van der Waals surface area (Å²) in [4.78, 5) is 8.81. The second-order valence-corrected chi connectivity index (χ2v) is 4.91. The molecule has 0 unspecified atom stereocenters. The molecular weight excluding hydrogens is 222 g/mol. The highest BCUT2D eigenvalue weighted by Crippen LogP contribution is 2.11. The summed E-state index contributed by atoms with van der Waals surface area (Å²) in [7, 11) is 0. The fourth-order valence-electron chi connectivity index (χ4n) is 1.99. The van der Waals surface area contributed by atoms with E-state index in [0.717, 1.165) is 12.8 Å². The number of nitrogens with two attached hydrogens (primary N) is 1. The summed E-state index contributed by atoms with van der Waals surface area (Å²) in [5.41, 5.74) is 5.45. The average Bonchev–Trinajstić information content (AvgIpc) is 2.37. The van der Waals surface area contributed by atoms with Gasteiger partial charge in [-0.1, -0.05) is 77.6 Å². The summed E-state index contributed by atoms with van der Waals surface area (Å²) in [6.07, 6.45) is 17.6.